The van der Waals surface area contributed by atoms with E-state index in [0.29, 0.717) is 20.5 Å². The molecule has 1 heterocycles. The summed E-state index contributed by atoms with van der Waals surface area (Å²) in [5.74, 6) is -0.0124. The van der Waals surface area contributed by atoms with Crippen molar-refractivity contribution in [3.8, 4) is 23.1 Å². The largest absolute Gasteiger partial charge is 0.506 e. The highest BCUT2D eigenvalue weighted by Crippen LogP contribution is 2.40. The standard InChI is InChI=1S/C14H3I4NO3/c15-7-2-4-1-5-11(20)6(3-19)12(21)10(18)14(5)22-13(4)9(17)8(7)16/h1-2,20H. The Labute approximate surface area is 179 Å². The molecule has 0 fully saturated rings. The van der Waals surface area contributed by atoms with Crippen molar-refractivity contribution < 1.29 is 9.52 Å². The predicted molar refractivity (Wildman–Crippen MR) is 116 cm³/mol. The van der Waals surface area contributed by atoms with Crippen LogP contribution in [0.1, 0.15) is 5.56 Å². The molecule has 0 unspecified atom stereocenters. The van der Waals surface area contributed by atoms with E-state index in [1.165, 1.54) is 0 Å². The van der Waals surface area contributed by atoms with Gasteiger partial charge in [-0.3, -0.25) is 4.79 Å². The Morgan fingerprint density at radius 2 is 1.77 bits per heavy atom. The molecule has 0 aromatic heterocycles. The zero-order valence-corrected chi connectivity index (χ0v) is 19.0. The van der Waals surface area contributed by atoms with Crippen LogP contribution in [0.2, 0.25) is 0 Å². The topological polar surface area (TPSA) is 74.2 Å². The molecule has 0 radical (unpaired) electrons. The lowest BCUT2D eigenvalue weighted by Gasteiger charge is -2.13. The summed E-state index contributed by atoms with van der Waals surface area (Å²) in [4.78, 5) is 12.1. The molecular weight excluding hydrogens is 738 g/mol. The van der Waals surface area contributed by atoms with Gasteiger partial charge in [0.25, 0.3) is 0 Å². The van der Waals surface area contributed by atoms with Gasteiger partial charge in [-0.2, -0.15) is 5.26 Å². The number of halogens is 4. The molecule has 0 amide bonds. The van der Waals surface area contributed by atoms with Crippen molar-refractivity contribution in [2.45, 2.75) is 0 Å². The molecule has 0 bridgehead atoms. The summed E-state index contributed by atoms with van der Waals surface area (Å²) in [7, 11) is 0. The molecule has 0 atom stereocenters. The third-order valence-corrected chi connectivity index (χ3v) is 9.17. The third kappa shape index (κ3) is 2.51. The van der Waals surface area contributed by atoms with Gasteiger partial charge in [0, 0.05) is 12.5 Å². The van der Waals surface area contributed by atoms with Crippen LogP contribution >= 0.6 is 90.4 Å². The summed E-state index contributed by atoms with van der Waals surface area (Å²) in [5.41, 5.74) is 0.285. The fraction of sp³-hybridized carbons (Fsp3) is 0. The second-order valence-corrected chi connectivity index (χ2v) is 8.77. The first-order chi connectivity index (χ1) is 10.4. The summed E-state index contributed by atoms with van der Waals surface area (Å²) in [6.07, 6.45) is 0. The molecule has 0 saturated carbocycles. The lowest BCUT2D eigenvalue weighted by atomic mass is 10.0. The van der Waals surface area contributed by atoms with E-state index in [4.69, 9.17) is 9.68 Å². The number of rotatable bonds is 0. The molecule has 2 aliphatic rings. The summed E-state index contributed by atoms with van der Waals surface area (Å²) < 4.78 is 9.31. The number of nitriles is 1. The number of phenolic OH excluding ortho intramolecular Hbond substituents is 1. The maximum Gasteiger partial charge on any atom is 0.217 e. The zero-order chi connectivity index (χ0) is 16.2. The molecule has 22 heavy (non-hydrogen) atoms. The van der Waals surface area contributed by atoms with Crippen LogP contribution in [0.3, 0.4) is 0 Å². The molecule has 1 aromatic carbocycles. The minimum absolute atomic E-state index is 0.249. The van der Waals surface area contributed by atoms with Crippen LogP contribution in [-0.2, 0) is 0 Å². The van der Waals surface area contributed by atoms with Crippen molar-refractivity contribution >= 4 is 101 Å². The van der Waals surface area contributed by atoms with Gasteiger partial charge in [-0.15, -0.1) is 0 Å². The number of phenols is 1. The van der Waals surface area contributed by atoms with Crippen LogP contribution in [0, 0.1) is 25.6 Å². The Balaban J connectivity index is 2.60. The summed E-state index contributed by atoms with van der Waals surface area (Å²) in [6, 6.07) is 5.47. The summed E-state index contributed by atoms with van der Waals surface area (Å²) in [5, 5.41) is 20.1. The van der Waals surface area contributed by atoms with E-state index in [0.717, 1.165) is 16.1 Å². The second kappa shape index (κ2) is 6.20. The number of nitrogens with zero attached hydrogens (tertiary/aromatic N) is 1. The first-order valence-electron chi connectivity index (χ1n) is 5.72. The van der Waals surface area contributed by atoms with E-state index in [1.54, 1.807) is 12.1 Å². The molecule has 1 N–H and O–H groups in total. The predicted octanol–water partition coefficient (Wildman–Crippen LogP) is 4.89. The number of fused-ring (bicyclic) bond motifs is 2. The molecule has 1 aliphatic carbocycles. The Hall–Kier alpha value is 0.120. The lowest BCUT2D eigenvalue weighted by molar-refractivity contribution is 0.470. The van der Waals surface area contributed by atoms with Crippen molar-refractivity contribution in [1.29, 1.82) is 5.26 Å². The summed E-state index contributed by atoms with van der Waals surface area (Å²) in [6.45, 7) is 0. The Morgan fingerprint density at radius 3 is 2.41 bits per heavy atom. The monoisotopic (exact) mass is 741 g/mol. The van der Waals surface area contributed by atoms with Crippen molar-refractivity contribution in [2.24, 2.45) is 0 Å². The van der Waals surface area contributed by atoms with E-state index in [9.17, 15) is 9.90 Å². The van der Waals surface area contributed by atoms with Crippen LogP contribution < -0.4 is 5.43 Å². The molecule has 110 valence electrons. The maximum absolute atomic E-state index is 12.1. The van der Waals surface area contributed by atoms with Gasteiger partial charge in [0.2, 0.25) is 5.43 Å². The Bertz CT molecular complexity index is 1020. The molecule has 3 rings (SSSR count). The van der Waals surface area contributed by atoms with Crippen LogP contribution in [0.4, 0.5) is 0 Å². The maximum atomic E-state index is 12.1. The molecule has 8 heteroatoms. The molecule has 1 aromatic rings. The average molecular weight is 741 g/mol. The Morgan fingerprint density at radius 1 is 1.09 bits per heavy atom. The van der Waals surface area contributed by atoms with Gasteiger partial charge in [0.05, 0.1) is 9.13 Å². The van der Waals surface area contributed by atoms with Crippen LogP contribution in [0.15, 0.2) is 21.3 Å². The van der Waals surface area contributed by atoms with E-state index >= 15 is 0 Å². The highest BCUT2D eigenvalue weighted by atomic mass is 127. The van der Waals surface area contributed by atoms with E-state index < -0.39 is 5.43 Å². The molecule has 0 spiro atoms. The van der Waals surface area contributed by atoms with Gasteiger partial charge in [-0.25, -0.2) is 0 Å². The highest BCUT2D eigenvalue weighted by Gasteiger charge is 2.24. The number of hydrogen-bond donors (Lipinski definition) is 1. The van der Waals surface area contributed by atoms with Gasteiger partial charge < -0.3 is 9.52 Å². The Kier molecular flexibility index (Phi) is 4.78. The fourth-order valence-corrected chi connectivity index (χ4v) is 4.99. The van der Waals surface area contributed by atoms with Crippen molar-refractivity contribution in [3.05, 3.63) is 42.2 Å². The highest BCUT2D eigenvalue weighted by molar-refractivity contribution is 14.1. The smallest absolute Gasteiger partial charge is 0.217 e. The number of hydrogen-bond acceptors (Lipinski definition) is 4. The van der Waals surface area contributed by atoms with Crippen molar-refractivity contribution in [2.75, 3.05) is 0 Å². The first-order valence-corrected chi connectivity index (χ1v) is 10.0. The lowest BCUT2D eigenvalue weighted by Crippen LogP contribution is -2.12. The average Bonchev–Trinajstić information content (AvgIpc) is 2.50. The van der Waals surface area contributed by atoms with Gasteiger partial charge in [-0.05, 0) is 102 Å². The van der Waals surface area contributed by atoms with Crippen molar-refractivity contribution in [3.63, 3.8) is 0 Å². The SMILES string of the molecule is N#Cc1c(O)c2cc3cc(I)c(I)c(I)c3oc-2c(I)c1=O. The van der Waals surface area contributed by atoms with Gasteiger partial charge in [0.1, 0.15) is 26.5 Å². The molecule has 0 saturated heterocycles. The molecule has 4 nitrogen and oxygen atoms in total. The van der Waals surface area contributed by atoms with E-state index in [-0.39, 0.29) is 11.3 Å². The number of benzene rings is 2. The normalized spacial score (nSPS) is 11.0. The second-order valence-electron chi connectivity index (χ2n) is 4.37. The number of aromatic hydroxyl groups is 1. The van der Waals surface area contributed by atoms with Gasteiger partial charge >= 0.3 is 0 Å². The zero-order valence-electron chi connectivity index (χ0n) is 10.4. The fourth-order valence-electron chi connectivity index (χ4n) is 2.08. The van der Waals surface area contributed by atoms with Crippen LogP contribution in [-0.4, -0.2) is 5.11 Å². The third-order valence-electron chi connectivity index (χ3n) is 3.12. The van der Waals surface area contributed by atoms with E-state index in [1.807, 2.05) is 28.7 Å². The van der Waals surface area contributed by atoms with E-state index in [2.05, 4.69) is 67.8 Å². The minimum Gasteiger partial charge on any atom is -0.506 e. The van der Waals surface area contributed by atoms with Gasteiger partial charge in [-0.1, -0.05) is 0 Å². The van der Waals surface area contributed by atoms with Crippen molar-refractivity contribution in [1.82, 2.24) is 0 Å². The summed E-state index contributed by atoms with van der Waals surface area (Å²) >= 11 is 8.54. The van der Waals surface area contributed by atoms with Crippen LogP contribution in [0.25, 0.3) is 22.3 Å². The van der Waals surface area contributed by atoms with Crippen LogP contribution in [0.5, 0.6) is 5.75 Å². The molecular formula is C14H3I4NO3. The first kappa shape index (κ1) is 17.0. The molecule has 1 aliphatic heterocycles. The minimum atomic E-state index is -0.508. The quantitative estimate of drug-likeness (QED) is 0.203. The van der Waals surface area contributed by atoms with Gasteiger partial charge in [0.15, 0.2) is 5.76 Å².